The number of carbonyl (C=O) groups is 1. The zero-order valence-corrected chi connectivity index (χ0v) is 16.1. The zero-order chi connectivity index (χ0) is 18.6. The Morgan fingerprint density at radius 1 is 1.42 bits per heavy atom. The molecule has 1 aliphatic rings. The molecule has 1 saturated heterocycles. The van der Waals surface area contributed by atoms with Gasteiger partial charge in [0.2, 0.25) is 6.41 Å². The highest BCUT2D eigenvalue weighted by atomic mass is 31.0. The molecule has 2 unspecified atom stereocenters. The van der Waals surface area contributed by atoms with Crippen molar-refractivity contribution in [3.05, 3.63) is 35.9 Å². The van der Waals surface area contributed by atoms with Gasteiger partial charge < -0.3 is 10.1 Å². The van der Waals surface area contributed by atoms with Crippen LogP contribution in [0.5, 0.6) is 0 Å². The molecule has 0 saturated carbocycles. The number of carbonyl (C=O) groups excluding carboxylic acids is 1. The molecule has 1 amide bonds. The van der Waals surface area contributed by atoms with Crippen LogP contribution in [0.25, 0.3) is 11.3 Å². The molecule has 1 fully saturated rings. The summed E-state index contributed by atoms with van der Waals surface area (Å²) >= 11 is 0. The Morgan fingerprint density at radius 3 is 2.88 bits per heavy atom. The first kappa shape index (κ1) is 19.0. The third-order valence-corrected chi connectivity index (χ3v) is 5.35. The standard InChI is InChI=1S/C19H25FN3O2P/c1-2-8-19(20,26)15-5-3-4-14(11-15)17-12-18(21-13-24)22-23(17)16-6-9-25-10-7-16/h3-5,11-13,16H,2,6-10,26H2,1H3,(H,21,22,24). The van der Waals surface area contributed by atoms with Crippen LogP contribution < -0.4 is 5.32 Å². The topological polar surface area (TPSA) is 56.2 Å². The quantitative estimate of drug-likeness (QED) is 0.579. The summed E-state index contributed by atoms with van der Waals surface area (Å²) in [5, 5.41) is 5.72. The number of nitrogens with one attached hydrogen (secondary N) is 1. The Hall–Kier alpha value is -1.78. The molecule has 1 aliphatic heterocycles. The molecule has 0 bridgehead atoms. The number of aromatic nitrogens is 2. The summed E-state index contributed by atoms with van der Waals surface area (Å²) in [5.41, 5.74) is 2.40. The van der Waals surface area contributed by atoms with Crippen molar-refractivity contribution in [1.82, 2.24) is 9.78 Å². The van der Waals surface area contributed by atoms with Crippen molar-refractivity contribution in [2.45, 2.75) is 44.1 Å². The van der Waals surface area contributed by atoms with E-state index < -0.39 is 5.41 Å². The van der Waals surface area contributed by atoms with Gasteiger partial charge in [0.05, 0.1) is 11.7 Å². The van der Waals surface area contributed by atoms with E-state index in [2.05, 4.69) is 19.7 Å². The average Bonchev–Trinajstić information content (AvgIpc) is 3.07. The highest BCUT2D eigenvalue weighted by Gasteiger charge is 2.26. The predicted molar refractivity (Wildman–Crippen MR) is 104 cm³/mol. The van der Waals surface area contributed by atoms with Gasteiger partial charge in [0.25, 0.3) is 0 Å². The Bertz CT molecular complexity index is 757. The van der Waals surface area contributed by atoms with Crippen LogP contribution >= 0.6 is 9.24 Å². The minimum atomic E-state index is -1.45. The summed E-state index contributed by atoms with van der Waals surface area (Å²) in [6.45, 7) is 3.35. The lowest BCUT2D eigenvalue weighted by molar-refractivity contribution is -0.105. The highest BCUT2D eigenvalue weighted by Crippen LogP contribution is 2.40. The molecule has 2 atom stereocenters. The van der Waals surface area contributed by atoms with Crippen LogP contribution in [0.3, 0.4) is 0 Å². The number of benzene rings is 1. The molecule has 0 aliphatic carbocycles. The largest absolute Gasteiger partial charge is 0.381 e. The van der Waals surface area contributed by atoms with Crippen LogP contribution in [0.15, 0.2) is 30.3 Å². The van der Waals surface area contributed by atoms with Gasteiger partial charge >= 0.3 is 0 Å². The number of hydrogen-bond donors (Lipinski definition) is 1. The number of alkyl halides is 1. The van der Waals surface area contributed by atoms with E-state index >= 15 is 0 Å². The molecule has 140 valence electrons. The van der Waals surface area contributed by atoms with Gasteiger partial charge in [-0.25, -0.2) is 4.39 Å². The van der Waals surface area contributed by atoms with Crippen molar-refractivity contribution in [3.63, 3.8) is 0 Å². The van der Waals surface area contributed by atoms with E-state index in [1.165, 1.54) is 0 Å². The van der Waals surface area contributed by atoms with E-state index in [4.69, 9.17) is 4.74 Å². The number of ether oxygens (including phenoxy) is 1. The number of hydrogen-bond acceptors (Lipinski definition) is 3. The third-order valence-electron chi connectivity index (χ3n) is 4.73. The lowest BCUT2D eigenvalue weighted by Crippen LogP contribution is -2.21. The second kappa shape index (κ2) is 8.28. The lowest BCUT2D eigenvalue weighted by atomic mass is 10.0. The highest BCUT2D eigenvalue weighted by molar-refractivity contribution is 7.18. The first-order chi connectivity index (χ1) is 12.5. The first-order valence-corrected chi connectivity index (χ1v) is 9.59. The Morgan fingerprint density at radius 2 is 2.19 bits per heavy atom. The summed E-state index contributed by atoms with van der Waals surface area (Å²) in [6, 6.07) is 9.55. The number of anilines is 1. The van der Waals surface area contributed by atoms with Gasteiger partial charge in [0.15, 0.2) is 5.82 Å². The molecule has 1 aromatic heterocycles. The smallest absolute Gasteiger partial charge is 0.212 e. The molecule has 26 heavy (non-hydrogen) atoms. The van der Waals surface area contributed by atoms with Gasteiger partial charge in [-0.2, -0.15) is 5.10 Å². The maximum absolute atomic E-state index is 15.0. The second-order valence-corrected chi connectivity index (χ2v) is 7.57. The fourth-order valence-electron chi connectivity index (χ4n) is 3.39. The van der Waals surface area contributed by atoms with Crippen molar-refractivity contribution < 1.29 is 13.9 Å². The van der Waals surface area contributed by atoms with E-state index in [-0.39, 0.29) is 6.04 Å². The maximum atomic E-state index is 15.0. The van der Waals surface area contributed by atoms with Crippen LogP contribution in [-0.4, -0.2) is 29.4 Å². The molecule has 1 N–H and O–H groups in total. The van der Waals surface area contributed by atoms with E-state index in [1.54, 1.807) is 0 Å². The van der Waals surface area contributed by atoms with Gasteiger partial charge in [-0.15, -0.1) is 0 Å². The van der Waals surface area contributed by atoms with Gasteiger partial charge in [-0.1, -0.05) is 40.8 Å². The van der Waals surface area contributed by atoms with Crippen LogP contribution in [0, 0.1) is 0 Å². The number of amides is 1. The molecule has 5 nitrogen and oxygen atoms in total. The lowest BCUT2D eigenvalue weighted by Gasteiger charge is -2.25. The molecule has 2 heterocycles. The molecular formula is C19H25FN3O2P. The summed E-state index contributed by atoms with van der Waals surface area (Å²) in [5.74, 6) is 0.498. The minimum Gasteiger partial charge on any atom is -0.381 e. The summed E-state index contributed by atoms with van der Waals surface area (Å²) in [6.07, 6.45) is 3.55. The summed E-state index contributed by atoms with van der Waals surface area (Å²) in [7, 11) is 2.34. The molecule has 0 radical (unpaired) electrons. The monoisotopic (exact) mass is 377 g/mol. The van der Waals surface area contributed by atoms with Gasteiger partial charge in [-0.3, -0.25) is 9.48 Å². The number of rotatable bonds is 7. The van der Waals surface area contributed by atoms with Crippen LogP contribution in [0.1, 0.15) is 44.2 Å². The van der Waals surface area contributed by atoms with Gasteiger partial charge in [0.1, 0.15) is 5.41 Å². The zero-order valence-electron chi connectivity index (χ0n) is 15.0. The Labute approximate surface area is 155 Å². The molecule has 0 spiro atoms. The second-order valence-electron chi connectivity index (χ2n) is 6.66. The van der Waals surface area contributed by atoms with Crippen LogP contribution in [0.2, 0.25) is 0 Å². The molecule has 3 rings (SSSR count). The average molecular weight is 377 g/mol. The summed E-state index contributed by atoms with van der Waals surface area (Å²) in [4.78, 5) is 10.8. The predicted octanol–water partition coefficient (Wildman–Crippen LogP) is 4.27. The first-order valence-electron chi connectivity index (χ1n) is 9.01. The molecule has 7 heteroatoms. The Balaban J connectivity index is 2.01. The van der Waals surface area contributed by atoms with Crippen molar-refractivity contribution in [2.75, 3.05) is 18.5 Å². The van der Waals surface area contributed by atoms with Crippen LogP contribution in [0.4, 0.5) is 10.2 Å². The molecule has 1 aromatic carbocycles. The van der Waals surface area contributed by atoms with Gasteiger partial charge in [-0.05, 0) is 30.9 Å². The maximum Gasteiger partial charge on any atom is 0.212 e. The van der Waals surface area contributed by atoms with E-state index in [0.717, 1.165) is 30.5 Å². The normalized spacial score (nSPS) is 17.7. The fraction of sp³-hybridized carbons (Fsp3) is 0.474. The van der Waals surface area contributed by atoms with Crippen molar-refractivity contribution in [2.24, 2.45) is 0 Å². The van der Waals surface area contributed by atoms with Crippen molar-refractivity contribution in [3.8, 4) is 11.3 Å². The minimum absolute atomic E-state index is 0.200. The van der Waals surface area contributed by atoms with Crippen molar-refractivity contribution >= 4 is 21.5 Å². The van der Waals surface area contributed by atoms with Crippen molar-refractivity contribution in [1.29, 1.82) is 0 Å². The van der Waals surface area contributed by atoms with E-state index in [9.17, 15) is 9.18 Å². The third kappa shape index (κ3) is 4.13. The Kier molecular flexibility index (Phi) is 6.05. The van der Waals surface area contributed by atoms with E-state index in [0.29, 0.717) is 37.4 Å². The van der Waals surface area contributed by atoms with Crippen LogP contribution in [-0.2, 0) is 14.9 Å². The molecular weight excluding hydrogens is 352 g/mol. The SMILES string of the molecule is CCCC(F)(P)c1cccc(-c2cc(NC=O)nn2C2CCOCC2)c1. The number of nitrogens with zero attached hydrogens (tertiary/aromatic N) is 2. The van der Waals surface area contributed by atoms with Gasteiger partial charge in [0, 0.05) is 24.8 Å². The number of halogens is 1. The molecule has 2 aromatic rings. The summed E-state index contributed by atoms with van der Waals surface area (Å²) < 4.78 is 22.4. The van der Waals surface area contributed by atoms with E-state index in [1.807, 2.05) is 41.9 Å². The fourth-order valence-corrected chi connectivity index (χ4v) is 3.86.